The largest absolute Gasteiger partial charge is 0.454 e. The van der Waals surface area contributed by atoms with Gasteiger partial charge in [0.2, 0.25) is 6.79 Å². The summed E-state index contributed by atoms with van der Waals surface area (Å²) in [5, 5.41) is 2.99. The molecule has 0 atom stereocenters. The van der Waals surface area contributed by atoms with E-state index in [9.17, 15) is 4.79 Å². The van der Waals surface area contributed by atoms with E-state index in [1.54, 1.807) is 4.90 Å². The van der Waals surface area contributed by atoms with Crippen LogP contribution in [-0.4, -0.2) is 30.8 Å². The predicted octanol–water partition coefficient (Wildman–Crippen LogP) is 3.19. The molecule has 3 rings (SSSR count). The second-order valence-corrected chi connectivity index (χ2v) is 5.67. The Balaban J connectivity index is 1.52. The molecule has 126 valence electrons. The highest BCUT2D eigenvalue weighted by molar-refractivity contribution is 5.74. The third kappa shape index (κ3) is 3.98. The Morgan fingerprint density at radius 2 is 1.88 bits per heavy atom. The zero-order valence-corrected chi connectivity index (χ0v) is 13.8. The first-order valence-corrected chi connectivity index (χ1v) is 8.21. The van der Waals surface area contributed by atoms with Crippen LogP contribution in [0.1, 0.15) is 18.1 Å². The van der Waals surface area contributed by atoms with Crippen molar-refractivity contribution >= 4 is 6.03 Å². The summed E-state index contributed by atoms with van der Waals surface area (Å²) in [4.78, 5) is 14.1. The number of nitrogens with one attached hydrogen (secondary N) is 1. The van der Waals surface area contributed by atoms with Crippen molar-refractivity contribution in [2.45, 2.75) is 19.9 Å². The Morgan fingerprint density at radius 3 is 2.67 bits per heavy atom. The Hall–Kier alpha value is -2.69. The van der Waals surface area contributed by atoms with Crippen LogP contribution in [0.5, 0.6) is 11.5 Å². The molecule has 2 aromatic carbocycles. The SMILES string of the molecule is CCN(Cc1ccc2c(c1)OCO2)C(=O)NCCc1ccccc1. The van der Waals surface area contributed by atoms with Crippen molar-refractivity contribution in [3.8, 4) is 11.5 Å². The second-order valence-electron chi connectivity index (χ2n) is 5.67. The van der Waals surface area contributed by atoms with Crippen LogP contribution in [0.15, 0.2) is 48.5 Å². The van der Waals surface area contributed by atoms with Gasteiger partial charge < -0.3 is 19.7 Å². The minimum absolute atomic E-state index is 0.0499. The third-order valence-electron chi connectivity index (χ3n) is 4.01. The number of hydrogen-bond acceptors (Lipinski definition) is 3. The van der Waals surface area contributed by atoms with Crippen LogP contribution in [0.4, 0.5) is 4.79 Å². The standard InChI is InChI=1S/C19H22N2O3/c1-2-21(13-16-8-9-17-18(12-16)24-14-23-17)19(22)20-11-10-15-6-4-3-5-7-15/h3-9,12H,2,10-11,13-14H2,1H3,(H,20,22). The fourth-order valence-electron chi connectivity index (χ4n) is 2.66. The zero-order chi connectivity index (χ0) is 16.8. The number of fused-ring (bicyclic) bond motifs is 1. The van der Waals surface area contributed by atoms with Crippen molar-refractivity contribution < 1.29 is 14.3 Å². The number of carbonyl (C=O) groups excluding carboxylic acids is 1. The van der Waals surface area contributed by atoms with Gasteiger partial charge in [-0.3, -0.25) is 0 Å². The van der Waals surface area contributed by atoms with E-state index in [4.69, 9.17) is 9.47 Å². The summed E-state index contributed by atoms with van der Waals surface area (Å²) in [7, 11) is 0. The van der Waals surface area contributed by atoms with Gasteiger partial charge >= 0.3 is 6.03 Å². The summed E-state index contributed by atoms with van der Waals surface area (Å²) >= 11 is 0. The quantitative estimate of drug-likeness (QED) is 0.887. The molecule has 1 aliphatic rings. The molecule has 0 aliphatic carbocycles. The van der Waals surface area contributed by atoms with Crippen molar-refractivity contribution in [2.75, 3.05) is 19.9 Å². The van der Waals surface area contributed by atoms with Gasteiger partial charge in [-0.15, -0.1) is 0 Å². The van der Waals surface area contributed by atoms with Crippen LogP contribution >= 0.6 is 0 Å². The molecule has 2 aromatic rings. The molecular formula is C19H22N2O3. The van der Waals surface area contributed by atoms with Gasteiger partial charge in [0.25, 0.3) is 0 Å². The summed E-state index contributed by atoms with van der Waals surface area (Å²) in [6.45, 7) is 4.05. The van der Waals surface area contributed by atoms with Gasteiger partial charge in [0.05, 0.1) is 0 Å². The Bertz CT molecular complexity index is 688. The molecule has 0 unspecified atom stereocenters. The third-order valence-corrected chi connectivity index (χ3v) is 4.01. The molecule has 1 aliphatic heterocycles. The van der Waals surface area contributed by atoms with Crippen molar-refractivity contribution in [3.63, 3.8) is 0 Å². The molecule has 0 saturated carbocycles. The Morgan fingerprint density at radius 1 is 1.08 bits per heavy atom. The van der Waals surface area contributed by atoms with Gasteiger partial charge in [-0.05, 0) is 36.6 Å². The van der Waals surface area contributed by atoms with Gasteiger partial charge in [-0.1, -0.05) is 36.4 Å². The lowest BCUT2D eigenvalue weighted by Crippen LogP contribution is -2.40. The average molecular weight is 326 g/mol. The summed E-state index contributed by atoms with van der Waals surface area (Å²) in [6, 6.07) is 15.9. The first-order valence-electron chi connectivity index (χ1n) is 8.21. The molecule has 0 saturated heterocycles. The van der Waals surface area contributed by atoms with Gasteiger partial charge in [0, 0.05) is 19.6 Å². The second kappa shape index (κ2) is 7.73. The number of urea groups is 1. The van der Waals surface area contributed by atoms with E-state index in [0.29, 0.717) is 19.6 Å². The van der Waals surface area contributed by atoms with Crippen LogP contribution in [0.3, 0.4) is 0 Å². The van der Waals surface area contributed by atoms with E-state index in [1.807, 2.05) is 43.3 Å². The average Bonchev–Trinajstić information content (AvgIpc) is 3.08. The Kier molecular flexibility index (Phi) is 5.21. The van der Waals surface area contributed by atoms with Gasteiger partial charge in [0.1, 0.15) is 0 Å². The molecule has 24 heavy (non-hydrogen) atoms. The molecular weight excluding hydrogens is 304 g/mol. The molecule has 5 nitrogen and oxygen atoms in total. The summed E-state index contributed by atoms with van der Waals surface area (Å²) in [5.41, 5.74) is 2.25. The molecule has 0 fully saturated rings. The lowest BCUT2D eigenvalue weighted by Gasteiger charge is -2.21. The first kappa shape index (κ1) is 16.2. The normalized spacial score (nSPS) is 12.0. The molecule has 1 N–H and O–H groups in total. The Labute approximate surface area is 142 Å². The highest BCUT2D eigenvalue weighted by Crippen LogP contribution is 2.32. The maximum Gasteiger partial charge on any atom is 0.317 e. The van der Waals surface area contributed by atoms with Crippen LogP contribution in [-0.2, 0) is 13.0 Å². The van der Waals surface area contributed by atoms with Gasteiger partial charge in [0.15, 0.2) is 11.5 Å². The summed E-state index contributed by atoms with van der Waals surface area (Å²) in [6.07, 6.45) is 0.828. The number of carbonyl (C=O) groups is 1. The van der Waals surface area contributed by atoms with E-state index in [1.165, 1.54) is 5.56 Å². The molecule has 0 bridgehead atoms. The molecule has 0 spiro atoms. The maximum absolute atomic E-state index is 12.4. The van der Waals surface area contributed by atoms with Crippen molar-refractivity contribution in [1.29, 1.82) is 0 Å². The summed E-state index contributed by atoms with van der Waals surface area (Å²) < 4.78 is 10.7. The number of ether oxygens (including phenoxy) is 2. The van der Waals surface area contributed by atoms with Crippen LogP contribution < -0.4 is 14.8 Å². The fraction of sp³-hybridized carbons (Fsp3) is 0.316. The maximum atomic E-state index is 12.4. The van der Waals surface area contributed by atoms with Crippen molar-refractivity contribution in [1.82, 2.24) is 10.2 Å². The van der Waals surface area contributed by atoms with Crippen LogP contribution in [0.25, 0.3) is 0 Å². The smallest absolute Gasteiger partial charge is 0.317 e. The lowest BCUT2D eigenvalue weighted by molar-refractivity contribution is 0.173. The summed E-state index contributed by atoms with van der Waals surface area (Å²) in [5.74, 6) is 1.50. The number of amides is 2. The number of nitrogens with zero attached hydrogens (tertiary/aromatic N) is 1. The van der Waals surface area contributed by atoms with E-state index in [-0.39, 0.29) is 12.8 Å². The van der Waals surface area contributed by atoms with Crippen molar-refractivity contribution in [3.05, 3.63) is 59.7 Å². The topological polar surface area (TPSA) is 50.8 Å². The minimum atomic E-state index is -0.0499. The molecule has 0 aromatic heterocycles. The number of rotatable bonds is 6. The van der Waals surface area contributed by atoms with E-state index in [0.717, 1.165) is 23.5 Å². The van der Waals surface area contributed by atoms with Gasteiger partial charge in [-0.2, -0.15) is 0 Å². The molecule has 5 heteroatoms. The molecule has 0 radical (unpaired) electrons. The lowest BCUT2D eigenvalue weighted by atomic mass is 10.1. The zero-order valence-electron chi connectivity index (χ0n) is 13.8. The van der Waals surface area contributed by atoms with E-state index >= 15 is 0 Å². The minimum Gasteiger partial charge on any atom is -0.454 e. The fourth-order valence-corrected chi connectivity index (χ4v) is 2.66. The van der Waals surface area contributed by atoms with E-state index < -0.39 is 0 Å². The number of hydrogen-bond donors (Lipinski definition) is 1. The van der Waals surface area contributed by atoms with Crippen molar-refractivity contribution in [2.24, 2.45) is 0 Å². The number of benzene rings is 2. The molecule has 2 amide bonds. The van der Waals surface area contributed by atoms with Gasteiger partial charge in [-0.25, -0.2) is 4.79 Å². The predicted molar refractivity (Wildman–Crippen MR) is 92.2 cm³/mol. The first-order chi connectivity index (χ1) is 11.8. The van der Waals surface area contributed by atoms with E-state index in [2.05, 4.69) is 17.4 Å². The molecule has 1 heterocycles. The highest BCUT2D eigenvalue weighted by atomic mass is 16.7. The van der Waals surface area contributed by atoms with Crippen LogP contribution in [0.2, 0.25) is 0 Å². The monoisotopic (exact) mass is 326 g/mol. The highest BCUT2D eigenvalue weighted by Gasteiger charge is 2.16. The van der Waals surface area contributed by atoms with Crippen LogP contribution in [0, 0.1) is 0 Å².